The number of carbonyl (C=O) groups excluding carboxylic acids is 1. The molecule has 110 valence electrons. The second-order valence-corrected chi connectivity index (χ2v) is 7.07. The summed E-state index contributed by atoms with van der Waals surface area (Å²) in [4.78, 5) is 16.2. The van der Waals surface area contributed by atoms with E-state index in [1.165, 1.54) is 18.2 Å². The highest BCUT2D eigenvalue weighted by Gasteiger charge is 2.14. The maximum atomic E-state index is 12.2. The summed E-state index contributed by atoms with van der Waals surface area (Å²) >= 11 is 0. The Kier molecular flexibility index (Phi) is 4.29. The van der Waals surface area contributed by atoms with Crippen molar-refractivity contribution in [1.29, 1.82) is 0 Å². The molecule has 0 fully saturated rings. The van der Waals surface area contributed by atoms with Gasteiger partial charge in [-0.1, -0.05) is 0 Å². The van der Waals surface area contributed by atoms with Gasteiger partial charge in [0.2, 0.25) is 0 Å². The molecule has 0 aliphatic rings. The molecule has 0 bridgehead atoms. The topological polar surface area (TPSA) is 76.1 Å². The van der Waals surface area contributed by atoms with Gasteiger partial charge in [0, 0.05) is 28.3 Å². The minimum absolute atomic E-state index is 0.00257. The minimum atomic E-state index is -3.78. The van der Waals surface area contributed by atoms with Crippen molar-refractivity contribution in [3.63, 3.8) is 0 Å². The second kappa shape index (κ2) is 5.83. The van der Waals surface area contributed by atoms with Crippen LogP contribution in [-0.4, -0.2) is 19.3 Å². The van der Waals surface area contributed by atoms with Crippen LogP contribution >= 0.6 is 10.7 Å². The van der Waals surface area contributed by atoms with Crippen LogP contribution in [0, 0.1) is 13.8 Å². The molecule has 2 aromatic rings. The first-order chi connectivity index (χ1) is 9.79. The lowest BCUT2D eigenvalue weighted by Gasteiger charge is -2.10. The van der Waals surface area contributed by atoms with E-state index in [-0.39, 0.29) is 10.8 Å². The van der Waals surface area contributed by atoms with Crippen molar-refractivity contribution in [2.45, 2.75) is 18.7 Å². The Labute approximate surface area is 127 Å². The zero-order valence-corrected chi connectivity index (χ0v) is 13.0. The molecular weight excluding hydrogens is 312 g/mol. The van der Waals surface area contributed by atoms with Crippen LogP contribution in [-0.2, 0) is 9.05 Å². The lowest BCUT2D eigenvalue weighted by Crippen LogP contribution is -2.14. The summed E-state index contributed by atoms with van der Waals surface area (Å²) in [6, 6.07) is 7.62. The molecule has 5 nitrogen and oxygen atoms in total. The lowest BCUT2D eigenvalue weighted by molar-refractivity contribution is 0.102. The Morgan fingerprint density at radius 1 is 1.24 bits per heavy atom. The van der Waals surface area contributed by atoms with E-state index in [9.17, 15) is 13.2 Å². The first-order valence-corrected chi connectivity index (χ1v) is 8.38. The van der Waals surface area contributed by atoms with Crippen LogP contribution < -0.4 is 5.32 Å². The van der Waals surface area contributed by atoms with E-state index in [1.54, 1.807) is 32.2 Å². The number of hydrogen-bond acceptors (Lipinski definition) is 4. The SMILES string of the molecule is Cc1cc(S(=O)(=O)Cl)ccc1NC(=O)c1cccnc1C. The molecule has 0 saturated carbocycles. The van der Waals surface area contributed by atoms with E-state index >= 15 is 0 Å². The fourth-order valence-electron chi connectivity index (χ4n) is 1.84. The second-order valence-electron chi connectivity index (χ2n) is 4.51. The molecule has 1 N–H and O–H groups in total. The van der Waals surface area contributed by atoms with Crippen LogP contribution in [0.25, 0.3) is 0 Å². The number of rotatable bonds is 3. The van der Waals surface area contributed by atoms with Crippen molar-refractivity contribution in [3.05, 3.63) is 53.3 Å². The van der Waals surface area contributed by atoms with Gasteiger partial charge in [-0.15, -0.1) is 0 Å². The molecule has 1 aromatic carbocycles. The summed E-state index contributed by atoms with van der Waals surface area (Å²) in [5.41, 5.74) is 2.21. The average molecular weight is 325 g/mol. The van der Waals surface area contributed by atoms with Crippen LogP contribution in [0.4, 0.5) is 5.69 Å². The molecule has 0 aliphatic carbocycles. The van der Waals surface area contributed by atoms with E-state index in [4.69, 9.17) is 10.7 Å². The molecule has 2 rings (SSSR count). The summed E-state index contributed by atoms with van der Waals surface area (Å²) in [5, 5.41) is 2.73. The van der Waals surface area contributed by atoms with Crippen LogP contribution in [0.3, 0.4) is 0 Å². The molecule has 0 saturated heterocycles. The van der Waals surface area contributed by atoms with Crippen LogP contribution in [0.1, 0.15) is 21.6 Å². The largest absolute Gasteiger partial charge is 0.322 e. The predicted molar refractivity (Wildman–Crippen MR) is 81.1 cm³/mol. The number of anilines is 1. The first kappa shape index (κ1) is 15.5. The number of pyridine rings is 1. The number of nitrogens with one attached hydrogen (secondary N) is 1. The molecule has 0 spiro atoms. The minimum Gasteiger partial charge on any atom is -0.322 e. The fraction of sp³-hybridized carbons (Fsp3) is 0.143. The van der Waals surface area contributed by atoms with Gasteiger partial charge in [0.1, 0.15) is 0 Å². The Morgan fingerprint density at radius 3 is 2.52 bits per heavy atom. The number of nitrogens with zero attached hydrogens (tertiary/aromatic N) is 1. The van der Waals surface area contributed by atoms with Crippen molar-refractivity contribution in [3.8, 4) is 0 Å². The monoisotopic (exact) mass is 324 g/mol. The normalized spacial score (nSPS) is 11.2. The summed E-state index contributed by atoms with van der Waals surface area (Å²) in [5.74, 6) is -0.301. The third kappa shape index (κ3) is 3.59. The highest BCUT2D eigenvalue weighted by atomic mass is 35.7. The Morgan fingerprint density at radius 2 is 1.95 bits per heavy atom. The zero-order chi connectivity index (χ0) is 15.6. The number of aromatic nitrogens is 1. The quantitative estimate of drug-likeness (QED) is 0.881. The number of carbonyl (C=O) groups is 1. The molecule has 1 amide bonds. The number of benzene rings is 1. The predicted octanol–water partition coefficient (Wildman–Crippen LogP) is 2.88. The van der Waals surface area contributed by atoms with Gasteiger partial charge in [-0.05, 0) is 49.7 Å². The molecule has 0 unspecified atom stereocenters. The maximum Gasteiger partial charge on any atom is 0.261 e. The molecule has 1 aromatic heterocycles. The number of aryl methyl sites for hydroxylation is 2. The van der Waals surface area contributed by atoms with Gasteiger partial charge >= 0.3 is 0 Å². The van der Waals surface area contributed by atoms with Crippen LogP contribution in [0.15, 0.2) is 41.4 Å². The van der Waals surface area contributed by atoms with Crippen molar-refractivity contribution in [2.75, 3.05) is 5.32 Å². The van der Waals surface area contributed by atoms with Gasteiger partial charge in [-0.25, -0.2) is 8.42 Å². The van der Waals surface area contributed by atoms with Crippen LogP contribution in [0.5, 0.6) is 0 Å². The van der Waals surface area contributed by atoms with Crippen molar-refractivity contribution >= 4 is 31.3 Å². The third-order valence-electron chi connectivity index (χ3n) is 2.98. The fourth-order valence-corrected chi connectivity index (χ4v) is 2.68. The number of halogens is 1. The van der Waals surface area contributed by atoms with Gasteiger partial charge in [-0.3, -0.25) is 9.78 Å². The van der Waals surface area contributed by atoms with Gasteiger partial charge in [0.05, 0.1) is 10.5 Å². The van der Waals surface area contributed by atoms with Gasteiger partial charge in [-0.2, -0.15) is 0 Å². The van der Waals surface area contributed by atoms with Gasteiger partial charge < -0.3 is 5.32 Å². The molecular formula is C14H13ClN2O3S. The molecule has 0 radical (unpaired) electrons. The van der Waals surface area contributed by atoms with E-state index in [0.29, 0.717) is 22.5 Å². The summed E-state index contributed by atoms with van der Waals surface area (Å²) < 4.78 is 22.5. The zero-order valence-electron chi connectivity index (χ0n) is 11.4. The smallest absolute Gasteiger partial charge is 0.261 e. The van der Waals surface area contributed by atoms with Gasteiger partial charge in [0.15, 0.2) is 0 Å². The first-order valence-electron chi connectivity index (χ1n) is 6.07. The molecule has 7 heteroatoms. The van der Waals surface area contributed by atoms with Crippen molar-refractivity contribution in [2.24, 2.45) is 0 Å². The standard InChI is InChI=1S/C14H13ClN2O3S/c1-9-8-11(21(15,19)20)5-6-13(9)17-14(18)12-4-3-7-16-10(12)2/h3-8H,1-2H3,(H,17,18). The molecule has 0 atom stereocenters. The highest BCUT2D eigenvalue weighted by molar-refractivity contribution is 8.13. The maximum absolute atomic E-state index is 12.2. The van der Waals surface area contributed by atoms with Crippen LogP contribution in [0.2, 0.25) is 0 Å². The molecule has 0 aliphatic heterocycles. The number of hydrogen-bond donors (Lipinski definition) is 1. The summed E-state index contributed by atoms with van der Waals surface area (Å²) in [6.45, 7) is 3.43. The Hall–Kier alpha value is -1.92. The average Bonchev–Trinajstić information content (AvgIpc) is 2.40. The summed E-state index contributed by atoms with van der Waals surface area (Å²) in [7, 11) is 1.50. The highest BCUT2D eigenvalue weighted by Crippen LogP contribution is 2.22. The van der Waals surface area contributed by atoms with E-state index in [0.717, 1.165) is 0 Å². The Bertz CT molecular complexity index is 804. The Balaban J connectivity index is 2.29. The van der Waals surface area contributed by atoms with Gasteiger partial charge in [0.25, 0.3) is 15.0 Å². The molecule has 21 heavy (non-hydrogen) atoms. The number of amides is 1. The molecule has 1 heterocycles. The van der Waals surface area contributed by atoms with E-state index in [1.807, 2.05) is 0 Å². The van der Waals surface area contributed by atoms with Crippen molar-refractivity contribution in [1.82, 2.24) is 4.98 Å². The lowest BCUT2D eigenvalue weighted by atomic mass is 10.1. The van der Waals surface area contributed by atoms with Crippen molar-refractivity contribution < 1.29 is 13.2 Å². The third-order valence-corrected chi connectivity index (χ3v) is 4.33. The van der Waals surface area contributed by atoms with E-state index in [2.05, 4.69) is 10.3 Å². The summed E-state index contributed by atoms with van der Waals surface area (Å²) in [6.07, 6.45) is 1.61. The van der Waals surface area contributed by atoms with E-state index < -0.39 is 9.05 Å².